The molecule has 1 aromatic carbocycles. The highest BCUT2D eigenvalue weighted by Gasteiger charge is 2.16. The first kappa shape index (κ1) is 13.9. The summed E-state index contributed by atoms with van der Waals surface area (Å²) in [7, 11) is -3.59. The van der Waals surface area contributed by atoms with Crippen molar-refractivity contribution in [3.8, 4) is 0 Å². The van der Waals surface area contributed by atoms with Gasteiger partial charge in [0, 0.05) is 24.5 Å². The van der Waals surface area contributed by atoms with Gasteiger partial charge in [-0.2, -0.15) is 8.42 Å². The maximum Gasteiger partial charge on any atom is 0.278 e. The van der Waals surface area contributed by atoms with Crippen molar-refractivity contribution in [2.75, 3.05) is 22.7 Å². The Bertz CT molecular complexity index is 674. The maximum atomic E-state index is 12.1. The minimum Gasteiger partial charge on any atom is -0.372 e. The van der Waals surface area contributed by atoms with Gasteiger partial charge in [0.1, 0.15) is 0 Å². The number of piperidine rings is 1. The van der Waals surface area contributed by atoms with E-state index in [-0.39, 0.29) is 5.03 Å². The van der Waals surface area contributed by atoms with Crippen molar-refractivity contribution in [3.05, 3.63) is 36.8 Å². The lowest BCUT2D eigenvalue weighted by Crippen LogP contribution is -2.29. The molecular formula is C14H18N4O2S. The summed E-state index contributed by atoms with van der Waals surface area (Å²) in [5.74, 6) is 0. The topological polar surface area (TPSA) is 78.1 Å². The van der Waals surface area contributed by atoms with Crippen molar-refractivity contribution in [1.29, 1.82) is 0 Å². The predicted octanol–water partition coefficient (Wildman–Crippen LogP) is 2.20. The molecule has 6 nitrogen and oxygen atoms in total. The molecule has 0 radical (unpaired) electrons. The lowest BCUT2D eigenvalue weighted by Gasteiger charge is -2.28. The number of nitrogens with one attached hydrogen (secondary N) is 2. The fourth-order valence-electron chi connectivity index (χ4n) is 2.49. The smallest absolute Gasteiger partial charge is 0.278 e. The highest BCUT2D eigenvalue weighted by molar-refractivity contribution is 7.92. The van der Waals surface area contributed by atoms with Crippen molar-refractivity contribution in [3.63, 3.8) is 0 Å². The number of aromatic amines is 1. The zero-order chi connectivity index (χ0) is 14.7. The fourth-order valence-corrected chi connectivity index (χ4v) is 3.46. The van der Waals surface area contributed by atoms with E-state index in [1.54, 1.807) is 12.1 Å². The number of H-pyrrole nitrogens is 1. The normalized spacial score (nSPS) is 15.9. The number of sulfonamides is 1. The third kappa shape index (κ3) is 3.18. The second kappa shape index (κ2) is 5.77. The van der Waals surface area contributed by atoms with Gasteiger partial charge in [-0.15, -0.1) is 0 Å². The zero-order valence-corrected chi connectivity index (χ0v) is 12.4. The average Bonchev–Trinajstić information content (AvgIpc) is 3.04. The quantitative estimate of drug-likeness (QED) is 0.907. The molecule has 0 saturated carbocycles. The molecule has 0 aliphatic carbocycles. The summed E-state index contributed by atoms with van der Waals surface area (Å²) < 4.78 is 26.6. The zero-order valence-electron chi connectivity index (χ0n) is 11.6. The second-order valence-electron chi connectivity index (χ2n) is 5.12. The van der Waals surface area contributed by atoms with Crippen LogP contribution >= 0.6 is 0 Å². The molecule has 0 bridgehead atoms. The number of aromatic nitrogens is 2. The molecule has 21 heavy (non-hydrogen) atoms. The molecule has 7 heteroatoms. The molecule has 1 saturated heterocycles. The molecule has 2 aromatic rings. The van der Waals surface area contributed by atoms with Gasteiger partial charge in [0.15, 0.2) is 5.03 Å². The second-order valence-corrected chi connectivity index (χ2v) is 6.77. The van der Waals surface area contributed by atoms with Crippen molar-refractivity contribution in [2.45, 2.75) is 24.3 Å². The van der Waals surface area contributed by atoms with E-state index in [2.05, 4.69) is 19.6 Å². The van der Waals surface area contributed by atoms with E-state index in [0.717, 1.165) is 18.8 Å². The van der Waals surface area contributed by atoms with Gasteiger partial charge in [-0.1, -0.05) is 0 Å². The molecule has 0 atom stereocenters. The van der Waals surface area contributed by atoms with E-state index in [4.69, 9.17) is 0 Å². The Morgan fingerprint density at radius 2 is 1.81 bits per heavy atom. The molecule has 0 spiro atoms. The molecule has 2 N–H and O–H groups in total. The van der Waals surface area contributed by atoms with E-state index in [0.29, 0.717) is 5.69 Å². The van der Waals surface area contributed by atoms with Gasteiger partial charge >= 0.3 is 0 Å². The van der Waals surface area contributed by atoms with Crippen LogP contribution < -0.4 is 9.62 Å². The largest absolute Gasteiger partial charge is 0.372 e. The molecular weight excluding hydrogens is 288 g/mol. The van der Waals surface area contributed by atoms with Crippen LogP contribution in [-0.4, -0.2) is 31.5 Å². The lowest BCUT2D eigenvalue weighted by molar-refractivity contribution is 0.578. The number of hydrogen-bond acceptors (Lipinski definition) is 4. The number of imidazole rings is 1. The van der Waals surface area contributed by atoms with E-state index in [9.17, 15) is 8.42 Å². The Morgan fingerprint density at radius 3 is 2.43 bits per heavy atom. The van der Waals surface area contributed by atoms with Crippen molar-refractivity contribution in [2.24, 2.45) is 0 Å². The number of rotatable bonds is 4. The number of anilines is 2. The summed E-state index contributed by atoms with van der Waals surface area (Å²) >= 11 is 0. The Labute approximate surface area is 124 Å². The molecule has 2 heterocycles. The van der Waals surface area contributed by atoms with Crippen LogP contribution in [0.25, 0.3) is 0 Å². The number of hydrogen-bond donors (Lipinski definition) is 2. The Hall–Kier alpha value is -2.02. The van der Waals surface area contributed by atoms with Gasteiger partial charge < -0.3 is 9.88 Å². The molecule has 1 fully saturated rings. The molecule has 1 aliphatic heterocycles. The monoisotopic (exact) mass is 306 g/mol. The fraction of sp³-hybridized carbons (Fsp3) is 0.357. The molecule has 1 aromatic heterocycles. The molecule has 0 unspecified atom stereocenters. The van der Waals surface area contributed by atoms with Crippen LogP contribution in [0.2, 0.25) is 0 Å². The van der Waals surface area contributed by atoms with Crippen LogP contribution in [0.15, 0.2) is 41.8 Å². The maximum absolute atomic E-state index is 12.1. The molecule has 0 amide bonds. The van der Waals surface area contributed by atoms with Gasteiger partial charge in [-0.25, -0.2) is 4.98 Å². The van der Waals surface area contributed by atoms with E-state index >= 15 is 0 Å². The van der Waals surface area contributed by atoms with Crippen LogP contribution in [0, 0.1) is 0 Å². The molecule has 112 valence electrons. The van der Waals surface area contributed by atoms with E-state index in [1.807, 2.05) is 12.1 Å². The predicted molar refractivity (Wildman–Crippen MR) is 81.9 cm³/mol. The van der Waals surface area contributed by atoms with E-state index in [1.165, 1.54) is 31.8 Å². The highest BCUT2D eigenvalue weighted by Crippen LogP contribution is 2.22. The average molecular weight is 306 g/mol. The van der Waals surface area contributed by atoms with Gasteiger partial charge in [-0.05, 0) is 43.5 Å². The van der Waals surface area contributed by atoms with Crippen LogP contribution in [0.5, 0.6) is 0 Å². The van der Waals surface area contributed by atoms with Gasteiger partial charge in [0.25, 0.3) is 10.0 Å². The summed E-state index contributed by atoms with van der Waals surface area (Å²) in [4.78, 5) is 8.64. The van der Waals surface area contributed by atoms with Crippen molar-refractivity contribution < 1.29 is 8.42 Å². The Balaban J connectivity index is 1.72. The van der Waals surface area contributed by atoms with E-state index < -0.39 is 10.0 Å². The van der Waals surface area contributed by atoms with Crippen molar-refractivity contribution in [1.82, 2.24) is 9.97 Å². The van der Waals surface area contributed by atoms with Crippen molar-refractivity contribution >= 4 is 21.4 Å². The third-order valence-electron chi connectivity index (χ3n) is 3.60. The molecule has 3 rings (SSSR count). The SMILES string of the molecule is O=S(=O)(Nc1ccc(N2CCCCC2)cc1)c1cnc[nH]1. The summed E-state index contributed by atoms with van der Waals surface area (Å²) in [5, 5.41) is 0.0580. The van der Waals surface area contributed by atoms with Gasteiger partial charge in [-0.3, -0.25) is 4.72 Å². The third-order valence-corrected chi connectivity index (χ3v) is 4.91. The minimum absolute atomic E-state index is 0.0580. The summed E-state index contributed by atoms with van der Waals surface area (Å²) in [6, 6.07) is 7.49. The summed E-state index contributed by atoms with van der Waals surface area (Å²) in [6.45, 7) is 2.14. The van der Waals surface area contributed by atoms with Crippen LogP contribution in [0.1, 0.15) is 19.3 Å². The standard InChI is InChI=1S/C14H18N4O2S/c19-21(20,14-10-15-11-16-14)17-12-4-6-13(7-5-12)18-8-2-1-3-9-18/h4-7,10-11,17H,1-3,8-9H2,(H,15,16). The first-order valence-corrected chi connectivity index (χ1v) is 8.50. The Kier molecular flexibility index (Phi) is 3.83. The van der Waals surface area contributed by atoms with Gasteiger partial charge in [0.05, 0.1) is 12.5 Å². The first-order valence-electron chi connectivity index (χ1n) is 7.01. The summed E-state index contributed by atoms with van der Waals surface area (Å²) in [6.07, 6.45) is 6.35. The van der Waals surface area contributed by atoms with Crippen LogP contribution in [0.3, 0.4) is 0 Å². The number of nitrogens with zero attached hydrogens (tertiary/aromatic N) is 2. The lowest BCUT2D eigenvalue weighted by atomic mass is 10.1. The van der Waals surface area contributed by atoms with Crippen LogP contribution in [-0.2, 0) is 10.0 Å². The van der Waals surface area contributed by atoms with Gasteiger partial charge in [0.2, 0.25) is 0 Å². The Morgan fingerprint density at radius 1 is 1.10 bits per heavy atom. The number of benzene rings is 1. The highest BCUT2D eigenvalue weighted by atomic mass is 32.2. The minimum atomic E-state index is -3.59. The van der Waals surface area contributed by atoms with Crippen LogP contribution in [0.4, 0.5) is 11.4 Å². The molecule has 1 aliphatic rings. The first-order chi connectivity index (χ1) is 10.1. The summed E-state index contributed by atoms with van der Waals surface area (Å²) in [5.41, 5.74) is 1.68.